The van der Waals surface area contributed by atoms with Gasteiger partial charge in [-0.1, -0.05) is 29.8 Å². The molecule has 2 aromatic carbocycles. The molecule has 0 radical (unpaired) electrons. The zero-order valence-electron chi connectivity index (χ0n) is 19.6. The summed E-state index contributed by atoms with van der Waals surface area (Å²) in [6.07, 6.45) is 0. The van der Waals surface area contributed by atoms with Crippen molar-refractivity contribution in [2.24, 2.45) is 0 Å². The molecule has 180 valence electrons. The number of piperazine rings is 1. The van der Waals surface area contributed by atoms with Gasteiger partial charge in [0.05, 0.1) is 25.8 Å². The summed E-state index contributed by atoms with van der Waals surface area (Å²) >= 11 is 6.21. The van der Waals surface area contributed by atoms with Crippen molar-refractivity contribution in [3.8, 4) is 5.75 Å². The molecule has 2 aliphatic rings. The molecule has 8 nitrogen and oxygen atoms in total. The van der Waals surface area contributed by atoms with E-state index >= 15 is 0 Å². The number of ether oxygens (including phenoxy) is 2. The zero-order chi connectivity index (χ0) is 24.2. The van der Waals surface area contributed by atoms with Gasteiger partial charge in [0, 0.05) is 49.1 Å². The minimum absolute atomic E-state index is 0.350. The largest absolute Gasteiger partial charge is 0.497 e. The minimum Gasteiger partial charge on any atom is -0.497 e. The van der Waals surface area contributed by atoms with Gasteiger partial charge < -0.3 is 25.0 Å². The summed E-state index contributed by atoms with van der Waals surface area (Å²) in [6, 6.07) is 12.2. The first-order valence-corrected chi connectivity index (χ1v) is 11.5. The number of amides is 2. The lowest BCUT2D eigenvalue weighted by molar-refractivity contribution is -0.136. The predicted octanol–water partition coefficient (Wildman–Crippen LogP) is 3.26. The molecule has 34 heavy (non-hydrogen) atoms. The van der Waals surface area contributed by atoms with Crippen LogP contribution in [0.2, 0.25) is 5.02 Å². The van der Waals surface area contributed by atoms with Crippen LogP contribution >= 0.6 is 11.6 Å². The number of esters is 1. The molecule has 2 heterocycles. The Balaban J connectivity index is 1.54. The van der Waals surface area contributed by atoms with Crippen molar-refractivity contribution in [3.05, 3.63) is 69.9 Å². The van der Waals surface area contributed by atoms with Gasteiger partial charge in [0.25, 0.3) is 0 Å². The van der Waals surface area contributed by atoms with E-state index in [0.717, 1.165) is 42.5 Å². The number of nitrogens with one attached hydrogen (secondary N) is 2. The molecule has 2 aromatic rings. The number of methoxy groups -OCH3 is 2. The summed E-state index contributed by atoms with van der Waals surface area (Å²) in [5.41, 5.74) is 4.05. The van der Waals surface area contributed by atoms with Crippen LogP contribution in [0.4, 0.5) is 10.5 Å². The van der Waals surface area contributed by atoms with Gasteiger partial charge in [-0.3, -0.25) is 4.90 Å². The van der Waals surface area contributed by atoms with Gasteiger partial charge in [-0.25, -0.2) is 9.59 Å². The Morgan fingerprint density at radius 3 is 2.44 bits per heavy atom. The third-order valence-corrected chi connectivity index (χ3v) is 6.51. The topological polar surface area (TPSA) is 83.1 Å². The van der Waals surface area contributed by atoms with Gasteiger partial charge in [-0.15, -0.1) is 0 Å². The normalized spacial score (nSPS) is 18.9. The van der Waals surface area contributed by atoms with E-state index in [0.29, 0.717) is 23.6 Å². The number of hydrogen-bond donors (Lipinski definition) is 2. The lowest BCUT2D eigenvalue weighted by atomic mass is 9.95. The van der Waals surface area contributed by atoms with Crippen LogP contribution in [0.3, 0.4) is 0 Å². The number of benzene rings is 2. The van der Waals surface area contributed by atoms with E-state index in [-0.39, 0.29) is 6.03 Å². The number of hydrogen-bond acceptors (Lipinski definition) is 6. The van der Waals surface area contributed by atoms with Gasteiger partial charge in [0.15, 0.2) is 0 Å². The third-order valence-electron chi connectivity index (χ3n) is 6.27. The maximum atomic E-state index is 12.8. The number of aryl methyl sites for hydroxylation is 1. The summed E-state index contributed by atoms with van der Waals surface area (Å²) < 4.78 is 10.3. The van der Waals surface area contributed by atoms with Crippen LogP contribution < -0.4 is 20.3 Å². The van der Waals surface area contributed by atoms with Crippen molar-refractivity contribution in [2.75, 3.05) is 51.8 Å². The average Bonchev–Trinajstić information content (AvgIpc) is 2.85. The summed E-state index contributed by atoms with van der Waals surface area (Å²) in [4.78, 5) is 29.9. The first-order chi connectivity index (χ1) is 16.4. The van der Waals surface area contributed by atoms with Gasteiger partial charge in [0.1, 0.15) is 5.75 Å². The highest BCUT2D eigenvalue weighted by molar-refractivity contribution is 6.30. The van der Waals surface area contributed by atoms with Crippen LogP contribution in [0.15, 0.2) is 53.7 Å². The molecule has 1 saturated heterocycles. The standard InChI is InChI=1S/C25H29ClN4O4/c1-16-4-7-18(26)14-21(16)30-12-10-29(11-13-30)15-20-22(24(31)34-3)23(28-25(32)27-20)17-5-8-19(33-2)9-6-17/h4-9,14,23H,10-13,15H2,1-3H3,(H2,27,28,32)/t23-/m0/s1. The summed E-state index contributed by atoms with van der Waals surface area (Å²) in [6.45, 7) is 5.70. The van der Waals surface area contributed by atoms with E-state index in [1.807, 2.05) is 30.3 Å². The molecule has 0 spiro atoms. The predicted molar refractivity (Wildman–Crippen MR) is 131 cm³/mol. The number of carbonyl (C=O) groups is 2. The fourth-order valence-corrected chi connectivity index (χ4v) is 4.60. The smallest absolute Gasteiger partial charge is 0.338 e. The van der Waals surface area contributed by atoms with Crippen LogP contribution in [0.25, 0.3) is 0 Å². The molecule has 1 fully saturated rings. The molecular weight excluding hydrogens is 456 g/mol. The molecule has 0 aliphatic carbocycles. The van der Waals surface area contributed by atoms with Crippen molar-refractivity contribution >= 4 is 29.3 Å². The summed E-state index contributed by atoms with van der Waals surface area (Å²) in [7, 11) is 2.94. The van der Waals surface area contributed by atoms with Crippen molar-refractivity contribution in [3.63, 3.8) is 0 Å². The van der Waals surface area contributed by atoms with Crippen LogP contribution in [0, 0.1) is 6.92 Å². The fraction of sp³-hybridized carbons (Fsp3) is 0.360. The van der Waals surface area contributed by atoms with Gasteiger partial charge >= 0.3 is 12.0 Å². The zero-order valence-corrected chi connectivity index (χ0v) is 20.3. The lowest BCUT2D eigenvalue weighted by Gasteiger charge is -2.38. The van der Waals surface area contributed by atoms with E-state index in [1.54, 1.807) is 19.2 Å². The fourth-order valence-electron chi connectivity index (χ4n) is 4.43. The van der Waals surface area contributed by atoms with Crippen LogP contribution in [0.1, 0.15) is 17.2 Å². The molecule has 9 heteroatoms. The molecule has 0 unspecified atom stereocenters. The maximum Gasteiger partial charge on any atom is 0.338 e. The second-order valence-electron chi connectivity index (χ2n) is 8.38. The van der Waals surface area contributed by atoms with Gasteiger partial charge in [-0.2, -0.15) is 0 Å². The molecule has 0 bridgehead atoms. The molecule has 0 aromatic heterocycles. The van der Waals surface area contributed by atoms with Crippen LogP contribution in [0.5, 0.6) is 5.75 Å². The lowest BCUT2D eigenvalue weighted by Crippen LogP contribution is -2.51. The Labute approximate surface area is 204 Å². The monoisotopic (exact) mass is 484 g/mol. The number of anilines is 1. The SMILES string of the molecule is COC(=O)C1=C(CN2CCN(c3cc(Cl)ccc3C)CC2)NC(=O)N[C@H]1c1ccc(OC)cc1. The second kappa shape index (κ2) is 10.4. The van der Waals surface area contributed by atoms with Gasteiger partial charge in [-0.05, 0) is 42.3 Å². The second-order valence-corrected chi connectivity index (χ2v) is 8.82. The molecule has 1 atom stereocenters. The first kappa shape index (κ1) is 23.9. The number of rotatable bonds is 6. The van der Waals surface area contributed by atoms with E-state index in [2.05, 4.69) is 27.4 Å². The minimum atomic E-state index is -0.613. The molecule has 0 saturated carbocycles. The molecular formula is C25H29ClN4O4. The first-order valence-electron chi connectivity index (χ1n) is 11.2. The van der Waals surface area contributed by atoms with E-state index < -0.39 is 12.0 Å². The van der Waals surface area contributed by atoms with Gasteiger partial charge in [0.2, 0.25) is 0 Å². The Hall–Kier alpha value is -3.23. The van der Waals surface area contributed by atoms with E-state index in [1.165, 1.54) is 12.7 Å². The summed E-state index contributed by atoms with van der Waals surface area (Å²) in [5.74, 6) is 0.220. The number of carbonyl (C=O) groups excluding carboxylic acids is 2. The van der Waals surface area contributed by atoms with Crippen LogP contribution in [-0.2, 0) is 9.53 Å². The highest BCUT2D eigenvalue weighted by Gasteiger charge is 2.34. The van der Waals surface area contributed by atoms with E-state index in [9.17, 15) is 9.59 Å². The maximum absolute atomic E-state index is 12.8. The highest BCUT2D eigenvalue weighted by Crippen LogP contribution is 2.30. The van der Waals surface area contributed by atoms with Crippen molar-refractivity contribution in [1.82, 2.24) is 15.5 Å². The Bertz CT molecular complexity index is 1090. The molecule has 2 amide bonds. The van der Waals surface area contributed by atoms with Crippen molar-refractivity contribution in [2.45, 2.75) is 13.0 Å². The quantitative estimate of drug-likeness (QED) is 0.612. The highest BCUT2D eigenvalue weighted by atomic mass is 35.5. The molecule has 2 N–H and O–H groups in total. The van der Waals surface area contributed by atoms with Crippen LogP contribution in [-0.4, -0.2) is 63.8 Å². The Morgan fingerprint density at radius 2 is 1.79 bits per heavy atom. The number of nitrogens with zero attached hydrogens (tertiary/aromatic N) is 2. The average molecular weight is 485 g/mol. The van der Waals surface area contributed by atoms with Crippen molar-refractivity contribution in [1.29, 1.82) is 0 Å². The summed E-state index contributed by atoms with van der Waals surface area (Å²) in [5, 5.41) is 6.42. The number of urea groups is 1. The van der Waals surface area contributed by atoms with Crippen molar-refractivity contribution < 1.29 is 19.1 Å². The number of halogens is 1. The molecule has 4 rings (SSSR count). The third kappa shape index (κ3) is 5.13. The van der Waals surface area contributed by atoms with E-state index in [4.69, 9.17) is 21.1 Å². The Morgan fingerprint density at radius 1 is 1.09 bits per heavy atom. The molecule has 2 aliphatic heterocycles. The Kier molecular flexibility index (Phi) is 7.29.